The number of halogens is 3. The van der Waals surface area contributed by atoms with Crippen LogP contribution in [0.25, 0.3) is 0 Å². The average molecular weight is 352 g/mol. The van der Waals surface area contributed by atoms with E-state index in [1.807, 2.05) is 13.8 Å². The highest BCUT2D eigenvalue weighted by Crippen LogP contribution is 2.64. The van der Waals surface area contributed by atoms with Crippen LogP contribution in [0.5, 0.6) is 0 Å². The number of fused-ring (bicyclic) bond motifs is 3. The van der Waals surface area contributed by atoms with Crippen molar-refractivity contribution in [1.82, 2.24) is 0 Å². The van der Waals surface area contributed by atoms with Gasteiger partial charge in [0.1, 0.15) is 15.9 Å². The van der Waals surface area contributed by atoms with Gasteiger partial charge in [0.15, 0.2) is 5.78 Å². The second-order valence-corrected chi connectivity index (χ2v) is 8.56. The Hall–Kier alpha value is -0.250. The summed E-state index contributed by atoms with van der Waals surface area (Å²) in [6.07, 6.45) is 2.63. The number of ketones is 1. The second-order valence-electron chi connectivity index (χ2n) is 6.80. The summed E-state index contributed by atoms with van der Waals surface area (Å²) in [5.74, 6) is -0.914. The standard InChI is InChI=1S/C15H17Cl3O3/c1-7-8-4-5-13(2)6-9(16)10(19)14(3,17)15(13,18)11(8)21-12(7)20/h6-8,11H,4-5H2,1-3H3/t7-,8-,11-,13-,14+,15+/m0/s1. The molecule has 0 aromatic heterocycles. The number of hydrogen-bond donors (Lipinski definition) is 0. The Labute approximate surface area is 138 Å². The minimum Gasteiger partial charge on any atom is -0.460 e. The van der Waals surface area contributed by atoms with Gasteiger partial charge < -0.3 is 4.74 Å². The van der Waals surface area contributed by atoms with Crippen molar-refractivity contribution in [3.05, 3.63) is 11.1 Å². The predicted octanol–water partition coefficient (Wildman–Crippen LogP) is 3.64. The molecule has 6 atom stereocenters. The van der Waals surface area contributed by atoms with E-state index >= 15 is 0 Å². The fourth-order valence-corrected chi connectivity index (χ4v) is 5.57. The number of ether oxygens (including phenoxy) is 1. The van der Waals surface area contributed by atoms with Crippen molar-refractivity contribution in [3.8, 4) is 0 Å². The number of alkyl halides is 2. The molecule has 3 aliphatic rings. The first-order valence-electron chi connectivity index (χ1n) is 7.08. The molecule has 0 bridgehead atoms. The van der Waals surface area contributed by atoms with Gasteiger partial charge in [0.25, 0.3) is 0 Å². The molecule has 1 aliphatic heterocycles. The third-order valence-corrected chi connectivity index (χ3v) is 7.51. The Morgan fingerprint density at radius 2 is 1.90 bits per heavy atom. The molecule has 1 saturated heterocycles. The quantitative estimate of drug-likeness (QED) is 0.494. The highest BCUT2D eigenvalue weighted by molar-refractivity contribution is 6.54. The van der Waals surface area contributed by atoms with E-state index in [2.05, 4.69) is 0 Å². The number of esters is 1. The molecule has 116 valence electrons. The Bertz CT molecular complexity index is 571. The first kappa shape index (κ1) is 15.6. The first-order chi connectivity index (χ1) is 9.56. The normalized spacial score (nSPS) is 52.9. The number of Topliss-reactive ketones (excluding diaryl/α,β-unsaturated/α-hetero) is 1. The van der Waals surface area contributed by atoms with Crippen molar-refractivity contribution in [1.29, 1.82) is 0 Å². The van der Waals surface area contributed by atoms with Crippen molar-refractivity contribution >= 4 is 46.6 Å². The predicted molar refractivity (Wildman–Crippen MR) is 81.7 cm³/mol. The lowest BCUT2D eigenvalue weighted by molar-refractivity contribution is -0.149. The van der Waals surface area contributed by atoms with Gasteiger partial charge in [-0.1, -0.05) is 31.5 Å². The summed E-state index contributed by atoms with van der Waals surface area (Å²) in [4.78, 5) is 21.8. The lowest BCUT2D eigenvalue weighted by atomic mass is 9.54. The molecule has 6 heteroatoms. The molecule has 1 heterocycles. The zero-order valence-corrected chi connectivity index (χ0v) is 14.4. The number of hydrogen-bond acceptors (Lipinski definition) is 3. The molecule has 1 saturated carbocycles. The van der Waals surface area contributed by atoms with E-state index in [0.29, 0.717) is 6.42 Å². The van der Waals surface area contributed by atoms with Gasteiger partial charge >= 0.3 is 5.97 Å². The van der Waals surface area contributed by atoms with Crippen LogP contribution in [-0.4, -0.2) is 27.6 Å². The van der Waals surface area contributed by atoms with Gasteiger partial charge in [-0.2, -0.15) is 0 Å². The zero-order chi connectivity index (χ0) is 15.8. The van der Waals surface area contributed by atoms with Gasteiger partial charge in [0.05, 0.1) is 11.0 Å². The molecule has 0 aromatic carbocycles. The van der Waals surface area contributed by atoms with Crippen molar-refractivity contribution in [2.24, 2.45) is 17.3 Å². The van der Waals surface area contributed by atoms with Gasteiger partial charge in [-0.05, 0) is 19.8 Å². The number of allylic oxidation sites excluding steroid dienone is 2. The molecule has 0 aromatic rings. The van der Waals surface area contributed by atoms with Gasteiger partial charge in [-0.15, -0.1) is 23.2 Å². The second kappa shape index (κ2) is 4.39. The lowest BCUT2D eigenvalue weighted by Crippen LogP contribution is -2.69. The molecule has 0 amide bonds. The topological polar surface area (TPSA) is 43.4 Å². The van der Waals surface area contributed by atoms with E-state index in [9.17, 15) is 9.59 Å². The van der Waals surface area contributed by atoms with Crippen LogP contribution in [-0.2, 0) is 14.3 Å². The highest BCUT2D eigenvalue weighted by Gasteiger charge is 2.72. The van der Waals surface area contributed by atoms with Crippen molar-refractivity contribution < 1.29 is 14.3 Å². The first-order valence-corrected chi connectivity index (χ1v) is 8.21. The molecule has 2 aliphatic carbocycles. The largest absolute Gasteiger partial charge is 0.460 e. The van der Waals surface area contributed by atoms with Crippen LogP contribution in [0.3, 0.4) is 0 Å². The summed E-state index contributed by atoms with van der Waals surface area (Å²) < 4.78 is 5.55. The van der Waals surface area contributed by atoms with Gasteiger partial charge in [-0.3, -0.25) is 9.59 Å². The Morgan fingerprint density at radius 3 is 2.52 bits per heavy atom. The molecule has 0 radical (unpaired) electrons. The highest BCUT2D eigenvalue weighted by atomic mass is 35.5. The molecule has 0 spiro atoms. The molecule has 3 rings (SSSR count). The Morgan fingerprint density at radius 1 is 1.29 bits per heavy atom. The Kier molecular flexibility index (Phi) is 3.27. The molecule has 21 heavy (non-hydrogen) atoms. The van der Waals surface area contributed by atoms with E-state index in [0.717, 1.165) is 6.42 Å². The summed E-state index contributed by atoms with van der Waals surface area (Å²) in [7, 11) is 0. The third kappa shape index (κ3) is 1.69. The number of carbonyl (C=O) groups excluding carboxylic acids is 2. The van der Waals surface area contributed by atoms with E-state index < -0.39 is 27.1 Å². The van der Waals surface area contributed by atoms with Crippen LogP contribution in [0.1, 0.15) is 33.6 Å². The fraction of sp³-hybridized carbons (Fsp3) is 0.733. The molecule has 2 fully saturated rings. The lowest BCUT2D eigenvalue weighted by Gasteiger charge is -2.58. The van der Waals surface area contributed by atoms with Crippen molar-refractivity contribution in [2.45, 2.75) is 49.5 Å². The van der Waals surface area contributed by atoms with Crippen LogP contribution in [0, 0.1) is 17.3 Å². The van der Waals surface area contributed by atoms with Crippen molar-refractivity contribution in [3.63, 3.8) is 0 Å². The maximum atomic E-state index is 12.4. The van der Waals surface area contributed by atoms with E-state index in [1.54, 1.807) is 13.0 Å². The summed E-state index contributed by atoms with van der Waals surface area (Å²) in [5.41, 5.74) is -0.596. The maximum absolute atomic E-state index is 12.4. The fourth-order valence-electron chi connectivity index (χ4n) is 4.22. The average Bonchev–Trinajstić information content (AvgIpc) is 2.69. The molecule has 3 nitrogen and oxygen atoms in total. The molecular formula is C15H17Cl3O3. The van der Waals surface area contributed by atoms with Crippen LogP contribution in [0.15, 0.2) is 11.1 Å². The summed E-state index contributed by atoms with van der Waals surface area (Å²) in [6.45, 7) is 5.36. The van der Waals surface area contributed by atoms with Gasteiger partial charge in [0.2, 0.25) is 0 Å². The minimum atomic E-state index is -1.41. The molecule has 0 N–H and O–H groups in total. The number of rotatable bonds is 0. The minimum absolute atomic E-state index is 0.0146. The Balaban J connectivity index is 2.20. The summed E-state index contributed by atoms with van der Waals surface area (Å²) in [6, 6.07) is 0. The smallest absolute Gasteiger partial charge is 0.309 e. The molecule has 0 unspecified atom stereocenters. The van der Waals surface area contributed by atoms with E-state index in [4.69, 9.17) is 39.5 Å². The SMILES string of the molecule is C[C@@H]1C(=O)O[C@H]2[C@H]1CC[C@@]1(C)C=C(Cl)C(=O)[C@@](C)(Cl)[C@@]21Cl. The third-order valence-electron chi connectivity index (χ3n) is 5.64. The van der Waals surface area contributed by atoms with E-state index in [1.165, 1.54) is 0 Å². The maximum Gasteiger partial charge on any atom is 0.309 e. The zero-order valence-electron chi connectivity index (χ0n) is 12.1. The van der Waals surface area contributed by atoms with Crippen LogP contribution in [0.2, 0.25) is 0 Å². The van der Waals surface area contributed by atoms with Gasteiger partial charge in [-0.25, -0.2) is 0 Å². The van der Waals surface area contributed by atoms with E-state index in [-0.39, 0.29) is 22.8 Å². The summed E-state index contributed by atoms with van der Waals surface area (Å²) >= 11 is 19.6. The van der Waals surface area contributed by atoms with Crippen LogP contribution < -0.4 is 0 Å². The monoisotopic (exact) mass is 350 g/mol. The van der Waals surface area contributed by atoms with Gasteiger partial charge in [0, 0.05) is 11.3 Å². The molecular weight excluding hydrogens is 335 g/mol. The number of carbonyl (C=O) groups is 2. The van der Waals surface area contributed by atoms with Crippen LogP contribution in [0.4, 0.5) is 0 Å². The van der Waals surface area contributed by atoms with Crippen LogP contribution >= 0.6 is 34.8 Å². The van der Waals surface area contributed by atoms with Crippen molar-refractivity contribution in [2.75, 3.05) is 0 Å². The summed E-state index contributed by atoms with van der Waals surface area (Å²) in [5, 5.41) is 0.113.